The van der Waals surface area contributed by atoms with Gasteiger partial charge in [-0.3, -0.25) is 9.59 Å². The number of amides is 2. The molecule has 2 heterocycles. The van der Waals surface area contributed by atoms with E-state index in [1.807, 2.05) is 67.8 Å². The summed E-state index contributed by atoms with van der Waals surface area (Å²) in [6, 6.07) is 21.2. The molecular weight excluding hydrogens is 560 g/mol. The number of hydrogen-bond donors (Lipinski definition) is 1. The highest BCUT2D eigenvalue weighted by molar-refractivity contribution is 7.09. The van der Waals surface area contributed by atoms with Gasteiger partial charge in [0.05, 0.1) is 24.9 Å². The molecule has 2 aromatic heterocycles. The lowest BCUT2D eigenvalue weighted by Crippen LogP contribution is -2.50. The molecule has 0 bridgehead atoms. The molecule has 41 heavy (non-hydrogen) atoms. The van der Waals surface area contributed by atoms with E-state index < -0.39 is 6.04 Å². The van der Waals surface area contributed by atoms with E-state index in [9.17, 15) is 9.59 Å². The normalized spacial score (nSPS) is 11.9. The van der Waals surface area contributed by atoms with Crippen molar-refractivity contribution in [3.05, 3.63) is 88.2 Å². The van der Waals surface area contributed by atoms with Crippen LogP contribution in [-0.4, -0.2) is 49.8 Å². The van der Waals surface area contributed by atoms with Crippen LogP contribution < -0.4 is 10.1 Å². The monoisotopic (exact) mass is 588 g/mol. The van der Waals surface area contributed by atoms with E-state index in [0.717, 1.165) is 16.8 Å². The topological polar surface area (TPSA) is 102 Å². The Hall–Kier alpha value is -4.28. The molecule has 1 N–H and O–H groups in total. The number of carbonyl (C=O) groups is 2. The molecule has 11 heteroatoms. The van der Waals surface area contributed by atoms with Crippen LogP contribution in [0.25, 0.3) is 22.3 Å². The van der Waals surface area contributed by atoms with Crippen molar-refractivity contribution in [3.8, 4) is 17.0 Å². The number of benzene rings is 3. The second-order valence-electron chi connectivity index (χ2n) is 9.80. The molecule has 0 aliphatic carbocycles. The first-order valence-electron chi connectivity index (χ1n) is 13.1. The molecule has 210 valence electrons. The number of thiazole rings is 1. The van der Waals surface area contributed by atoms with E-state index in [2.05, 4.69) is 15.6 Å². The van der Waals surface area contributed by atoms with Gasteiger partial charge in [-0.25, -0.2) is 9.67 Å². The summed E-state index contributed by atoms with van der Waals surface area (Å²) in [5.41, 5.74) is 3.73. The summed E-state index contributed by atoms with van der Waals surface area (Å²) in [7, 11) is 1.58. The molecule has 2 amide bonds. The van der Waals surface area contributed by atoms with Crippen molar-refractivity contribution in [2.75, 3.05) is 12.4 Å². The van der Waals surface area contributed by atoms with Crippen LogP contribution >= 0.6 is 22.9 Å². The summed E-state index contributed by atoms with van der Waals surface area (Å²) in [5, 5.41) is 14.6. The third-order valence-electron chi connectivity index (χ3n) is 6.62. The molecule has 5 aromatic rings. The fraction of sp³-hybridized carbons (Fsp3) is 0.233. The first-order valence-corrected chi connectivity index (χ1v) is 14.3. The SMILES string of the molecule is COc1ccc(NC(=O)C(C(C)C)N(Cc2nc(-c3ccc(Cl)cc3)cs2)C(=O)Cn2nnc3ccccc32)cc1. The number of fused-ring (bicyclic) bond motifs is 1. The Kier molecular flexibility index (Phi) is 8.61. The summed E-state index contributed by atoms with van der Waals surface area (Å²) >= 11 is 7.49. The number of halogens is 1. The highest BCUT2D eigenvalue weighted by Gasteiger charge is 2.34. The minimum atomic E-state index is -0.776. The van der Waals surface area contributed by atoms with Crippen LogP contribution in [0.4, 0.5) is 5.69 Å². The highest BCUT2D eigenvalue weighted by Crippen LogP contribution is 2.26. The highest BCUT2D eigenvalue weighted by atomic mass is 35.5. The third-order valence-corrected chi connectivity index (χ3v) is 7.70. The quantitative estimate of drug-likeness (QED) is 0.218. The molecule has 9 nitrogen and oxygen atoms in total. The van der Waals surface area contributed by atoms with Crippen LogP contribution in [0, 0.1) is 5.92 Å². The average Bonchev–Trinajstić information content (AvgIpc) is 3.61. The molecule has 0 spiro atoms. The first-order chi connectivity index (χ1) is 19.8. The van der Waals surface area contributed by atoms with Crippen molar-refractivity contribution in [1.29, 1.82) is 0 Å². The van der Waals surface area contributed by atoms with E-state index in [0.29, 0.717) is 27.0 Å². The molecule has 0 aliphatic rings. The number of anilines is 1. The maximum absolute atomic E-state index is 14.0. The van der Waals surface area contributed by atoms with Gasteiger partial charge in [0.25, 0.3) is 0 Å². The molecule has 0 radical (unpaired) electrons. The predicted octanol–water partition coefficient (Wildman–Crippen LogP) is 5.91. The zero-order valence-electron chi connectivity index (χ0n) is 22.8. The van der Waals surface area contributed by atoms with Gasteiger partial charge in [-0.15, -0.1) is 16.4 Å². The van der Waals surface area contributed by atoms with Gasteiger partial charge in [0, 0.05) is 21.7 Å². The largest absolute Gasteiger partial charge is 0.497 e. The standard InChI is InChI=1S/C30H29ClN6O3S/c1-19(2)29(30(39)32-22-12-14-23(40-3)15-13-22)36(28(38)17-37-26-7-5-4-6-24(26)34-35-37)16-27-33-25(18-41-27)20-8-10-21(31)11-9-20/h4-15,18-19,29H,16-17H2,1-3H3,(H,32,39). The summed E-state index contributed by atoms with van der Waals surface area (Å²) in [4.78, 5) is 34.1. The minimum Gasteiger partial charge on any atom is -0.497 e. The maximum atomic E-state index is 14.0. The number of methoxy groups -OCH3 is 1. The van der Waals surface area contributed by atoms with E-state index >= 15 is 0 Å². The van der Waals surface area contributed by atoms with Crippen LogP contribution in [0.15, 0.2) is 78.2 Å². The van der Waals surface area contributed by atoms with Gasteiger partial charge in [0.1, 0.15) is 28.9 Å². The Morgan fingerprint density at radius 1 is 1.05 bits per heavy atom. The lowest BCUT2D eigenvalue weighted by molar-refractivity contribution is -0.141. The van der Waals surface area contributed by atoms with Crippen molar-refractivity contribution in [2.24, 2.45) is 5.92 Å². The van der Waals surface area contributed by atoms with Gasteiger partial charge >= 0.3 is 0 Å². The lowest BCUT2D eigenvalue weighted by Gasteiger charge is -2.33. The van der Waals surface area contributed by atoms with Crippen LogP contribution in [0.2, 0.25) is 5.02 Å². The van der Waals surface area contributed by atoms with Gasteiger partial charge in [0.15, 0.2) is 0 Å². The van der Waals surface area contributed by atoms with E-state index in [1.165, 1.54) is 11.3 Å². The summed E-state index contributed by atoms with van der Waals surface area (Å²) < 4.78 is 6.78. The zero-order chi connectivity index (χ0) is 28.9. The molecule has 1 unspecified atom stereocenters. The summed E-state index contributed by atoms with van der Waals surface area (Å²) in [6.45, 7) is 3.92. The number of nitrogens with one attached hydrogen (secondary N) is 1. The number of rotatable bonds is 10. The van der Waals surface area contributed by atoms with Crippen molar-refractivity contribution < 1.29 is 14.3 Å². The Morgan fingerprint density at radius 2 is 1.78 bits per heavy atom. The van der Waals surface area contributed by atoms with Gasteiger partial charge in [-0.05, 0) is 54.4 Å². The van der Waals surface area contributed by atoms with Crippen LogP contribution in [-0.2, 0) is 22.7 Å². The predicted molar refractivity (Wildman–Crippen MR) is 161 cm³/mol. The summed E-state index contributed by atoms with van der Waals surface area (Å²) in [5.74, 6) is -0.0788. The van der Waals surface area contributed by atoms with Crippen molar-refractivity contribution >= 4 is 51.5 Å². The minimum absolute atomic E-state index is 0.0744. The van der Waals surface area contributed by atoms with Gasteiger partial charge in [-0.2, -0.15) is 0 Å². The van der Waals surface area contributed by atoms with Crippen LogP contribution in [0.3, 0.4) is 0 Å². The molecule has 0 aliphatic heterocycles. The smallest absolute Gasteiger partial charge is 0.247 e. The Bertz CT molecular complexity index is 1650. The Morgan fingerprint density at radius 3 is 2.49 bits per heavy atom. The number of para-hydroxylation sites is 1. The van der Waals surface area contributed by atoms with Crippen molar-refractivity contribution in [1.82, 2.24) is 24.9 Å². The fourth-order valence-electron chi connectivity index (χ4n) is 4.57. The number of aromatic nitrogens is 4. The van der Waals surface area contributed by atoms with E-state index in [-0.39, 0.29) is 30.8 Å². The van der Waals surface area contributed by atoms with Gasteiger partial charge in [-0.1, -0.05) is 54.9 Å². The molecule has 1 atom stereocenters. The number of hydrogen-bond acceptors (Lipinski definition) is 7. The van der Waals surface area contributed by atoms with E-state index in [1.54, 1.807) is 41.0 Å². The fourth-order valence-corrected chi connectivity index (χ4v) is 5.50. The Labute approximate surface area is 246 Å². The summed E-state index contributed by atoms with van der Waals surface area (Å²) in [6.07, 6.45) is 0. The van der Waals surface area contributed by atoms with Crippen molar-refractivity contribution in [3.63, 3.8) is 0 Å². The molecular formula is C30H29ClN6O3S. The molecule has 0 fully saturated rings. The lowest BCUT2D eigenvalue weighted by atomic mass is 10.0. The number of ether oxygens (including phenoxy) is 1. The van der Waals surface area contributed by atoms with Crippen LogP contribution in [0.5, 0.6) is 5.75 Å². The Balaban J connectivity index is 1.45. The van der Waals surface area contributed by atoms with Gasteiger partial charge in [0.2, 0.25) is 11.8 Å². The molecule has 0 saturated heterocycles. The second kappa shape index (κ2) is 12.5. The van der Waals surface area contributed by atoms with Gasteiger partial charge < -0.3 is 15.0 Å². The van der Waals surface area contributed by atoms with Crippen molar-refractivity contribution in [2.45, 2.75) is 33.0 Å². The molecule has 0 saturated carbocycles. The molecule has 5 rings (SSSR count). The maximum Gasteiger partial charge on any atom is 0.247 e. The zero-order valence-corrected chi connectivity index (χ0v) is 24.4. The first kappa shape index (κ1) is 28.3. The number of nitrogens with zero attached hydrogens (tertiary/aromatic N) is 5. The van der Waals surface area contributed by atoms with E-state index in [4.69, 9.17) is 21.3 Å². The van der Waals surface area contributed by atoms with Crippen LogP contribution in [0.1, 0.15) is 18.9 Å². The number of carbonyl (C=O) groups excluding carboxylic acids is 2. The third kappa shape index (κ3) is 6.55. The molecule has 3 aromatic carbocycles. The average molecular weight is 589 g/mol. The second-order valence-corrected chi connectivity index (χ2v) is 11.2.